The fourth-order valence-electron chi connectivity index (χ4n) is 4.57. The topological polar surface area (TPSA) is 143 Å². The number of likely N-dealkylation sites (N-methyl/N-ethyl adjacent to an activating group) is 1. The quantitative estimate of drug-likeness (QED) is 0.388. The van der Waals surface area contributed by atoms with E-state index in [9.17, 15) is 14.4 Å². The third-order valence-electron chi connectivity index (χ3n) is 6.84. The normalized spacial score (nSPS) is 21.7. The Morgan fingerprint density at radius 2 is 1.71 bits per heavy atom. The summed E-state index contributed by atoms with van der Waals surface area (Å²) in [5.74, 6) is -0.971. The molecule has 9 nitrogen and oxygen atoms in total. The van der Waals surface area contributed by atoms with Gasteiger partial charge in [-0.2, -0.15) is 0 Å². The van der Waals surface area contributed by atoms with Gasteiger partial charge in [-0.25, -0.2) is 0 Å². The number of amides is 3. The van der Waals surface area contributed by atoms with Crippen molar-refractivity contribution in [3.63, 3.8) is 0 Å². The first-order chi connectivity index (χ1) is 18.3. The van der Waals surface area contributed by atoms with Crippen molar-refractivity contribution in [1.82, 2.24) is 20.9 Å². The lowest BCUT2D eigenvalue weighted by molar-refractivity contribution is -0.142. The summed E-state index contributed by atoms with van der Waals surface area (Å²) in [5, 5.41) is 9.21. The fraction of sp³-hybridized carbons (Fsp3) is 0.464. The maximum atomic E-state index is 13.3. The van der Waals surface area contributed by atoms with Crippen LogP contribution < -0.4 is 27.4 Å². The van der Waals surface area contributed by atoms with Crippen LogP contribution in [0.15, 0.2) is 52.3 Å². The highest BCUT2D eigenvalue weighted by Gasteiger charge is 2.32. The van der Waals surface area contributed by atoms with E-state index in [1.54, 1.807) is 18.8 Å². The van der Waals surface area contributed by atoms with Gasteiger partial charge in [0.1, 0.15) is 12.1 Å². The average Bonchev–Trinajstić information content (AvgIpc) is 2.92. The molecular weight excluding hydrogens is 500 g/mol. The smallest absolute Gasteiger partial charge is 0.246 e. The van der Waals surface area contributed by atoms with Crippen molar-refractivity contribution >= 4 is 29.5 Å². The Hall–Kier alpha value is -2.92. The molecule has 3 amide bonds. The predicted molar refractivity (Wildman–Crippen MR) is 150 cm³/mol. The Balaban J connectivity index is 2.03. The number of nitrogens with zero attached hydrogens (tertiary/aromatic N) is 1. The van der Waals surface area contributed by atoms with Gasteiger partial charge in [-0.15, -0.1) is 0 Å². The zero-order valence-electron chi connectivity index (χ0n) is 22.5. The van der Waals surface area contributed by atoms with Crippen LogP contribution in [0, 0.1) is 6.92 Å². The van der Waals surface area contributed by atoms with Crippen LogP contribution >= 0.6 is 11.8 Å². The van der Waals surface area contributed by atoms with Crippen LogP contribution in [0.4, 0.5) is 0 Å². The summed E-state index contributed by atoms with van der Waals surface area (Å²) in [6.45, 7) is 5.07. The van der Waals surface area contributed by atoms with E-state index in [2.05, 4.69) is 35.0 Å². The summed E-state index contributed by atoms with van der Waals surface area (Å²) < 4.78 is 0. The van der Waals surface area contributed by atoms with Crippen molar-refractivity contribution < 1.29 is 14.4 Å². The maximum Gasteiger partial charge on any atom is 0.246 e. The molecule has 0 saturated carbocycles. The van der Waals surface area contributed by atoms with E-state index in [0.29, 0.717) is 38.9 Å². The molecule has 0 fully saturated rings. The zero-order chi connectivity index (χ0) is 27.7. The molecule has 0 unspecified atom stereocenters. The third kappa shape index (κ3) is 7.35. The SMILES string of the molecule is CC[C@H]1C(=O)NCc2cccc(C)c2Sc2ccccc2CN[C@@H](CCCN)C(=O)N[C@@H](CN)C(=O)N1C. The summed E-state index contributed by atoms with van der Waals surface area (Å²) in [4.78, 5) is 43.4. The minimum absolute atomic E-state index is 0.0807. The second kappa shape index (κ2) is 14.3. The molecule has 1 aliphatic heterocycles. The van der Waals surface area contributed by atoms with Crippen LogP contribution in [0.3, 0.4) is 0 Å². The van der Waals surface area contributed by atoms with Crippen molar-refractivity contribution in [2.24, 2.45) is 11.5 Å². The number of hydrogen-bond acceptors (Lipinski definition) is 7. The van der Waals surface area contributed by atoms with Gasteiger partial charge in [-0.05, 0) is 55.5 Å². The van der Waals surface area contributed by atoms with Crippen LogP contribution in [0.5, 0.6) is 0 Å². The van der Waals surface area contributed by atoms with E-state index in [-0.39, 0.29) is 18.4 Å². The van der Waals surface area contributed by atoms with Gasteiger partial charge in [0.25, 0.3) is 0 Å². The van der Waals surface area contributed by atoms with Crippen molar-refractivity contribution in [1.29, 1.82) is 0 Å². The zero-order valence-corrected chi connectivity index (χ0v) is 23.3. The molecular formula is C28H40N6O3S. The van der Waals surface area contributed by atoms with Gasteiger partial charge < -0.3 is 32.3 Å². The number of nitrogens with two attached hydrogens (primary N) is 2. The van der Waals surface area contributed by atoms with Gasteiger partial charge >= 0.3 is 0 Å². The molecule has 38 heavy (non-hydrogen) atoms. The predicted octanol–water partition coefficient (Wildman–Crippen LogP) is 1.65. The Morgan fingerprint density at radius 1 is 0.974 bits per heavy atom. The molecule has 0 radical (unpaired) electrons. The van der Waals surface area contributed by atoms with E-state index >= 15 is 0 Å². The van der Waals surface area contributed by atoms with Gasteiger partial charge in [-0.1, -0.05) is 55.1 Å². The molecule has 0 aromatic heterocycles. The van der Waals surface area contributed by atoms with E-state index in [4.69, 9.17) is 11.5 Å². The number of fused-ring (bicyclic) bond motifs is 2. The third-order valence-corrected chi connectivity index (χ3v) is 8.24. The summed E-state index contributed by atoms with van der Waals surface area (Å²) in [6, 6.07) is 11.9. The number of carbonyl (C=O) groups is 3. The number of benzene rings is 2. The Morgan fingerprint density at radius 3 is 2.42 bits per heavy atom. The van der Waals surface area contributed by atoms with Gasteiger partial charge in [0.2, 0.25) is 17.7 Å². The first kappa shape index (κ1) is 29.6. The van der Waals surface area contributed by atoms with E-state index in [0.717, 1.165) is 26.5 Å². The molecule has 0 spiro atoms. The molecule has 3 atom stereocenters. The summed E-state index contributed by atoms with van der Waals surface area (Å²) in [6.07, 6.45) is 1.58. The summed E-state index contributed by atoms with van der Waals surface area (Å²) in [5.41, 5.74) is 14.8. The molecule has 1 aliphatic rings. The maximum absolute atomic E-state index is 13.3. The number of hydrogen-bond donors (Lipinski definition) is 5. The molecule has 206 valence electrons. The molecule has 3 rings (SSSR count). The van der Waals surface area contributed by atoms with Crippen LogP contribution in [0.2, 0.25) is 0 Å². The van der Waals surface area contributed by atoms with Crippen LogP contribution in [-0.4, -0.2) is 60.9 Å². The lowest BCUT2D eigenvalue weighted by atomic mass is 10.1. The summed E-state index contributed by atoms with van der Waals surface area (Å²) in [7, 11) is 1.58. The molecule has 2 aromatic rings. The van der Waals surface area contributed by atoms with Crippen molar-refractivity contribution in [2.45, 2.75) is 74.1 Å². The molecule has 10 heteroatoms. The minimum Gasteiger partial charge on any atom is -0.350 e. The first-order valence-corrected chi connectivity index (χ1v) is 13.9. The Kier molecular flexibility index (Phi) is 11.1. The first-order valence-electron chi connectivity index (χ1n) is 13.1. The largest absolute Gasteiger partial charge is 0.350 e. The second-order valence-electron chi connectivity index (χ2n) is 9.53. The van der Waals surface area contributed by atoms with E-state index < -0.39 is 24.0 Å². The Bertz CT molecular complexity index is 1130. The highest BCUT2D eigenvalue weighted by molar-refractivity contribution is 7.99. The van der Waals surface area contributed by atoms with Gasteiger partial charge in [-0.3, -0.25) is 14.4 Å². The lowest BCUT2D eigenvalue weighted by Gasteiger charge is -2.30. The van der Waals surface area contributed by atoms with Crippen molar-refractivity contribution in [3.8, 4) is 0 Å². The van der Waals surface area contributed by atoms with Crippen LogP contribution in [0.25, 0.3) is 0 Å². The highest BCUT2D eigenvalue weighted by atomic mass is 32.2. The second-order valence-corrected chi connectivity index (χ2v) is 10.6. The summed E-state index contributed by atoms with van der Waals surface area (Å²) >= 11 is 1.65. The Labute approximate surface area is 229 Å². The van der Waals surface area contributed by atoms with Crippen LogP contribution in [0.1, 0.15) is 42.9 Å². The fourth-order valence-corrected chi connectivity index (χ4v) is 5.71. The molecule has 0 bridgehead atoms. The van der Waals surface area contributed by atoms with E-state index in [1.165, 1.54) is 4.90 Å². The molecule has 0 saturated heterocycles. The number of nitrogens with one attached hydrogen (secondary N) is 3. The van der Waals surface area contributed by atoms with Gasteiger partial charge in [0.05, 0.1) is 6.04 Å². The van der Waals surface area contributed by atoms with Gasteiger partial charge in [0.15, 0.2) is 0 Å². The lowest BCUT2D eigenvalue weighted by Crippen LogP contribution is -2.58. The molecule has 2 aromatic carbocycles. The molecule has 7 N–H and O–H groups in total. The molecule has 0 aliphatic carbocycles. The molecule has 1 heterocycles. The number of rotatable bonds is 5. The van der Waals surface area contributed by atoms with Crippen LogP contribution in [-0.2, 0) is 27.5 Å². The van der Waals surface area contributed by atoms with E-state index in [1.807, 2.05) is 37.3 Å². The average molecular weight is 541 g/mol. The monoisotopic (exact) mass is 540 g/mol. The van der Waals surface area contributed by atoms with Crippen molar-refractivity contribution in [2.75, 3.05) is 20.1 Å². The minimum atomic E-state index is -0.946. The van der Waals surface area contributed by atoms with Crippen molar-refractivity contribution in [3.05, 3.63) is 59.2 Å². The number of aryl methyl sites for hydroxylation is 1. The standard InChI is InChI=1S/C28H40N6O3S/c1-4-23-27(36)32-17-20-11-7-9-18(2)25(20)38-24-13-6-5-10-19(24)16-31-21(12-8-14-29)26(35)33-22(15-30)28(37)34(23)3/h5-7,9-11,13,21-23,31H,4,8,12,14-17,29-30H2,1-3H3,(H,32,36)(H,33,35)/t21-,22-,23-/m0/s1. The highest BCUT2D eigenvalue weighted by Crippen LogP contribution is 2.35. The van der Waals surface area contributed by atoms with Gasteiger partial charge in [0, 0.05) is 36.5 Å². The number of carbonyl (C=O) groups excluding carboxylic acids is 3.